The number of rotatable bonds is 7. The van der Waals surface area contributed by atoms with Crippen molar-refractivity contribution in [2.24, 2.45) is 0 Å². The maximum Gasteiger partial charge on any atom is 0.341 e. The van der Waals surface area contributed by atoms with Gasteiger partial charge in [-0.1, -0.05) is 0 Å². The molecule has 2 atom stereocenters. The molecule has 0 radical (unpaired) electrons. The summed E-state index contributed by atoms with van der Waals surface area (Å²) >= 11 is 1.49. The number of morpholine rings is 1. The van der Waals surface area contributed by atoms with Crippen LogP contribution in [0.2, 0.25) is 0 Å². The lowest BCUT2D eigenvalue weighted by Crippen LogP contribution is -2.45. The molecule has 0 N–H and O–H groups in total. The van der Waals surface area contributed by atoms with Crippen LogP contribution in [0.4, 0.5) is 0 Å². The highest BCUT2D eigenvalue weighted by Crippen LogP contribution is 2.28. The van der Waals surface area contributed by atoms with Crippen LogP contribution >= 0.6 is 11.3 Å². The van der Waals surface area contributed by atoms with Gasteiger partial charge in [0, 0.05) is 30.6 Å². The lowest BCUT2D eigenvalue weighted by molar-refractivity contribution is -0.0709. The first-order valence-corrected chi connectivity index (χ1v) is 11.6. The van der Waals surface area contributed by atoms with Gasteiger partial charge in [-0.2, -0.15) is 5.10 Å². The molecule has 32 heavy (non-hydrogen) atoms. The number of methoxy groups -OCH3 is 1. The molecular weight excluding hydrogens is 428 g/mol. The summed E-state index contributed by atoms with van der Waals surface area (Å²) in [7, 11) is 1.65. The number of nitrogens with zero attached hydrogens (tertiary/aromatic N) is 4. The quantitative estimate of drug-likeness (QED) is 0.501. The molecule has 1 fully saturated rings. The first-order valence-electron chi connectivity index (χ1n) is 10.7. The number of ether oxygens (including phenoxy) is 3. The van der Waals surface area contributed by atoms with Crippen molar-refractivity contribution >= 4 is 17.3 Å². The molecule has 0 saturated carbocycles. The van der Waals surface area contributed by atoms with Crippen LogP contribution in [0.5, 0.6) is 5.75 Å². The minimum absolute atomic E-state index is 0.128. The molecule has 0 bridgehead atoms. The molecule has 8 nitrogen and oxygen atoms in total. The van der Waals surface area contributed by atoms with E-state index >= 15 is 0 Å². The summed E-state index contributed by atoms with van der Waals surface area (Å²) < 4.78 is 18.1. The molecule has 0 unspecified atom stereocenters. The van der Waals surface area contributed by atoms with Crippen LogP contribution in [0.3, 0.4) is 0 Å². The summed E-state index contributed by atoms with van der Waals surface area (Å²) in [5, 5.41) is 7.21. The van der Waals surface area contributed by atoms with Gasteiger partial charge >= 0.3 is 5.97 Å². The van der Waals surface area contributed by atoms with E-state index in [1.807, 2.05) is 29.6 Å². The second-order valence-corrected chi connectivity index (χ2v) is 8.67. The highest BCUT2D eigenvalue weighted by Gasteiger charge is 2.27. The first-order chi connectivity index (χ1) is 15.5. The minimum Gasteiger partial charge on any atom is -0.497 e. The Bertz CT molecular complexity index is 1050. The maximum atomic E-state index is 12.6. The second-order valence-electron chi connectivity index (χ2n) is 7.83. The lowest BCUT2D eigenvalue weighted by Gasteiger charge is -2.35. The number of carbonyl (C=O) groups excluding carboxylic acids is 1. The van der Waals surface area contributed by atoms with Crippen molar-refractivity contribution in [2.75, 3.05) is 26.8 Å². The van der Waals surface area contributed by atoms with Gasteiger partial charge < -0.3 is 14.2 Å². The van der Waals surface area contributed by atoms with E-state index in [4.69, 9.17) is 19.2 Å². The standard InChI is InChI=1S/C23H28N4O4S/c1-5-30-22(28)19-10-24-27(21(19)13-26-11-15(2)31-16(3)12-26)23-25-20(14-32-23)17-6-8-18(29-4)9-7-17/h6-10,14-16H,5,11-13H2,1-4H3/t15-,16+. The van der Waals surface area contributed by atoms with E-state index in [2.05, 4.69) is 23.8 Å². The molecular formula is C23H28N4O4S. The van der Waals surface area contributed by atoms with Crippen molar-refractivity contribution in [1.29, 1.82) is 0 Å². The van der Waals surface area contributed by atoms with Crippen LogP contribution in [0.15, 0.2) is 35.8 Å². The van der Waals surface area contributed by atoms with Crippen molar-refractivity contribution in [3.8, 4) is 22.1 Å². The zero-order valence-corrected chi connectivity index (χ0v) is 19.6. The number of hydrogen-bond donors (Lipinski definition) is 0. The summed E-state index contributed by atoms with van der Waals surface area (Å²) in [5.74, 6) is 0.432. The van der Waals surface area contributed by atoms with E-state index in [-0.39, 0.29) is 18.2 Å². The van der Waals surface area contributed by atoms with Crippen LogP contribution in [-0.2, 0) is 16.0 Å². The highest BCUT2D eigenvalue weighted by atomic mass is 32.1. The van der Waals surface area contributed by atoms with Gasteiger partial charge in [0.1, 0.15) is 11.3 Å². The van der Waals surface area contributed by atoms with Crippen LogP contribution in [0.25, 0.3) is 16.4 Å². The topological polar surface area (TPSA) is 78.7 Å². The molecule has 0 aliphatic carbocycles. The van der Waals surface area contributed by atoms with Crippen LogP contribution in [0.1, 0.15) is 36.8 Å². The van der Waals surface area contributed by atoms with E-state index < -0.39 is 0 Å². The Morgan fingerprint density at radius 1 is 1.22 bits per heavy atom. The highest BCUT2D eigenvalue weighted by molar-refractivity contribution is 7.12. The van der Waals surface area contributed by atoms with Crippen molar-refractivity contribution in [1.82, 2.24) is 19.7 Å². The van der Waals surface area contributed by atoms with Gasteiger partial charge in [0.05, 0.1) is 43.5 Å². The third-order valence-corrected chi connectivity index (χ3v) is 6.11. The number of hydrogen-bond acceptors (Lipinski definition) is 8. The third-order valence-electron chi connectivity index (χ3n) is 5.29. The van der Waals surface area contributed by atoms with E-state index in [9.17, 15) is 4.79 Å². The van der Waals surface area contributed by atoms with Crippen molar-refractivity contribution in [3.05, 3.63) is 47.1 Å². The molecule has 1 saturated heterocycles. The summed E-state index contributed by atoms with van der Waals surface area (Å²) in [6.45, 7) is 8.37. The largest absolute Gasteiger partial charge is 0.497 e. The Hall–Kier alpha value is -2.75. The van der Waals surface area contributed by atoms with Gasteiger partial charge in [0.2, 0.25) is 5.13 Å². The molecule has 2 aromatic heterocycles. The van der Waals surface area contributed by atoms with Crippen LogP contribution < -0.4 is 4.74 Å². The first kappa shape index (κ1) is 22.4. The molecule has 3 heterocycles. The van der Waals surface area contributed by atoms with Crippen molar-refractivity contribution in [3.63, 3.8) is 0 Å². The van der Waals surface area contributed by atoms with E-state index in [1.165, 1.54) is 11.3 Å². The molecule has 1 aliphatic rings. The Balaban J connectivity index is 1.66. The minimum atomic E-state index is -0.366. The Labute approximate surface area is 191 Å². The molecule has 1 aromatic carbocycles. The predicted octanol–water partition coefficient (Wildman–Crippen LogP) is 3.79. The average Bonchev–Trinajstić information content (AvgIpc) is 3.40. The van der Waals surface area contributed by atoms with Crippen molar-refractivity contribution in [2.45, 2.75) is 39.5 Å². The number of carbonyl (C=O) groups is 1. The average molecular weight is 457 g/mol. The number of benzene rings is 1. The molecule has 3 aromatic rings. The van der Waals surface area contributed by atoms with Crippen LogP contribution in [-0.4, -0.2) is 64.6 Å². The summed E-state index contributed by atoms with van der Waals surface area (Å²) in [6.07, 6.45) is 1.83. The molecule has 0 amide bonds. The Morgan fingerprint density at radius 2 is 1.94 bits per heavy atom. The molecule has 1 aliphatic heterocycles. The second kappa shape index (κ2) is 9.81. The monoisotopic (exact) mass is 456 g/mol. The maximum absolute atomic E-state index is 12.6. The van der Waals surface area contributed by atoms with E-state index in [1.54, 1.807) is 24.9 Å². The number of aromatic nitrogens is 3. The summed E-state index contributed by atoms with van der Waals surface area (Å²) in [5.41, 5.74) is 3.09. The van der Waals surface area contributed by atoms with Gasteiger partial charge in [-0.15, -0.1) is 11.3 Å². The molecule has 4 rings (SSSR count). The third kappa shape index (κ3) is 4.85. The predicted molar refractivity (Wildman–Crippen MR) is 122 cm³/mol. The van der Waals surface area contributed by atoms with E-state index in [0.717, 1.165) is 35.8 Å². The summed E-state index contributed by atoms with van der Waals surface area (Å²) in [6, 6.07) is 7.77. The van der Waals surface area contributed by atoms with Gasteiger partial charge in [0.15, 0.2) is 0 Å². The molecule has 170 valence electrons. The fourth-order valence-electron chi connectivity index (χ4n) is 3.95. The Kier molecular flexibility index (Phi) is 6.88. The van der Waals surface area contributed by atoms with Gasteiger partial charge in [0.25, 0.3) is 0 Å². The Morgan fingerprint density at radius 3 is 2.59 bits per heavy atom. The summed E-state index contributed by atoms with van der Waals surface area (Å²) in [4.78, 5) is 19.7. The zero-order chi connectivity index (χ0) is 22.7. The SMILES string of the molecule is CCOC(=O)c1cnn(-c2nc(-c3ccc(OC)cc3)cs2)c1CN1C[C@@H](C)O[C@@H](C)C1. The molecule has 0 spiro atoms. The fraction of sp³-hybridized carbons (Fsp3) is 0.435. The number of esters is 1. The van der Waals surface area contributed by atoms with Gasteiger partial charge in [-0.25, -0.2) is 14.5 Å². The van der Waals surface area contributed by atoms with E-state index in [0.29, 0.717) is 23.8 Å². The fourth-order valence-corrected chi connectivity index (χ4v) is 4.77. The van der Waals surface area contributed by atoms with Crippen LogP contribution in [0, 0.1) is 0 Å². The number of thiazole rings is 1. The lowest BCUT2D eigenvalue weighted by atomic mass is 10.2. The van der Waals surface area contributed by atoms with Crippen molar-refractivity contribution < 1.29 is 19.0 Å². The zero-order valence-electron chi connectivity index (χ0n) is 18.8. The smallest absolute Gasteiger partial charge is 0.341 e. The van der Waals surface area contributed by atoms with Gasteiger partial charge in [-0.3, -0.25) is 4.90 Å². The van der Waals surface area contributed by atoms with Gasteiger partial charge in [-0.05, 0) is 45.0 Å². The normalized spacial score (nSPS) is 19.1. The molecule has 9 heteroatoms.